The molecule has 0 aliphatic carbocycles. The predicted molar refractivity (Wildman–Crippen MR) is 68.6 cm³/mol. The Balaban J connectivity index is 2.16. The van der Waals surface area contributed by atoms with E-state index in [4.69, 9.17) is 0 Å². The Bertz CT molecular complexity index is 626. The Hall–Kier alpha value is -2.30. The summed E-state index contributed by atoms with van der Waals surface area (Å²) in [5, 5.41) is 0. The minimum Gasteiger partial charge on any atom is -0.337 e. The lowest BCUT2D eigenvalue weighted by Gasteiger charge is -2.17. The molecule has 0 atom stereocenters. The molecule has 0 spiro atoms. The van der Waals surface area contributed by atoms with Crippen molar-refractivity contribution in [2.24, 2.45) is 0 Å². The molecule has 0 heterocycles. The van der Waals surface area contributed by atoms with E-state index in [-0.39, 0.29) is 17.9 Å². The standard InChI is InChI=1S/C15H12F3NO/c1-19(9-10-5-7-11(16)8-6-10)15(20)12-3-2-4-13(17)14(12)18/h2-8H,9H2,1H3. The lowest BCUT2D eigenvalue weighted by molar-refractivity contribution is 0.0779. The van der Waals surface area contributed by atoms with Crippen molar-refractivity contribution < 1.29 is 18.0 Å². The van der Waals surface area contributed by atoms with Gasteiger partial charge in [0.2, 0.25) is 0 Å². The molecule has 0 bridgehead atoms. The van der Waals surface area contributed by atoms with E-state index in [1.807, 2.05) is 0 Å². The second kappa shape index (κ2) is 5.77. The van der Waals surface area contributed by atoms with E-state index < -0.39 is 17.5 Å². The van der Waals surface area contributed by atoms with Crippen molar-refractivity contribution in [2.75, 3.05) is 7.05 Å². The summed E-state index contributed by atoms with van der Waals surface area (Å²) in [5.74, 6) is -3.24. The summed E-state index contributed by atoms with van der Waals surface area (Å²) < 4.78 is 39.4. The molecule has 104 valence electrons. The van der Waals surface area contributed by atoms with Crippen molar-refractivity contribution in [3.8, 4) is 0 Å². The van der Waals surface area contributed by atoms with E-state index in [0.29, 0.717) is 5.56 Å². The molecule has 0 saturated heterocycles. The van der Waals surface area contributed by atoms with Crippen LogP contribution in [0, 0.1) is 17.5 Å². The zero-order valence-electron chi connectivity index (χ0n) is 10.7. The van der Waals surface area contributed by atoms with Gasteiger partial charge in [-0.2, -0.15) is 0 Å². The molecule has 5 heteroatoms. The Morgan fingerprint density at radius 1 is 1.05 bits per heavy atom. The van der Waals surface area contributed by atoms with Crippen molar-refractivity contribution in [2.45, 2.75) is 6.54 Å². The lowest BCUT2D eigenvalue weighted by atomic mass is 10.1. The number of halogens is 3. The van der Waals surface area contributed by atoms with Gasteiger partial charge in [0.05, 0.1) is 5.56 Å². The molecule has 2 nitrogen and oxygen atoms in total. The van der Waals surface area contributed by atoms with Crippen LogP contribution in [-0.4, -0.2) is 17.9 Å². The number of carbonyl (C=O) groups excluding carboxylic acids is 1. The molecule has 0 aromatic heterocycles. The number of hydrogen-bond donors (Lipinski definition) is 0. The van der Waals surface area contributed by atoms with E-state index in [9.17, 15) is 18.0 Å². The van der Waals surface area contributed by atoms with Gasteiger partial charge in [0.15, 0.2) is 11.6 Å². The molecule has 0 aliphatic rings. The average Bonchev–Trinajstić information content (AvgIpc) is 2.43. The van der Waals surface area contributed by atoms with Gasteiger partial charge in [0.25, 0.3) is 5.91 Å². The number of nitrogens with zero attached hydrogens (tertiary/aromatic N) is 1. The zero-order valence-corrected chi connectivity index (χ0v) is 10.7. The molecule has 0 unspecified atom stereocenters. The SMILES string of the molecule is CN(Cc1ccc(F)cc1)C(=O)c1cccc(F)c1F. The highest BCUT2D eigenvalue weighted by atomic mass is 19.2. The van der Waals surface area contributed by atoms with E-state index in [1.165, 1.54) is 48.3 Å². The van der Waals surface area contributed by atoms with Gasteiger partial charge in [0.1, 0.15) is 5.82 Å². The maximum Gasteiger partial charge on any atom is 0.256 e. The van der Waals surface area contributed by atoms with Crippen LogP contribution in [-0.2, 0) is 6.54 Å². The van der Waals surface area contributed by atoms with Crippen LogP contribution >= 0.6 is 0 Å². The van der Waals surface area contributed by atoms with Crippen molar-refractivity contribution in [1.82, 2.24) is 4.90 Å². The average molecular weight is 279 g/mol. The van der Waals surface area contributed by atoms with Crippen molar-refractivity contribution in [1.29, 1.82) is 0 Å². The van der Waals surface area contributed by atoms with Crippen LogP contribution in [0.5, 0.6) is 0 Å². The highest BCUT2D eigenvalue weighted by Gasteiger charge is 2.18. The Morgan fingerprint density at radius 3 is 2.35 bits per heavy atom. The fraction of sp³-hybridized carbons (Fsp3) is 0.133. The topological polar surface area (TPSA) is 20.3 Å². The number of benzene rings is 2. The van der Waals surface area contributed by atoms with E-state index in [0.717, 1.165) is 6.07 Å². The summed E-state index contributed by atoms with van der Waals surface area (Å²) in [5.41, 5.74) is 0.369. The van der Waals surface area contributed by atoms with Crippen LogP contribution in [0.1, 0.15) is 15.9 Å². The molecule has 20 heavy (non-hydrogen) atoms. The van der Waals surface area contributed by atoms with Crippen LogP contribution < -0.4 is 0 Å². The summed E-state index contributed by atoms with van der Waals surface area (Å²) in [6.07, 6.45) is 0. The maximum absolute atomic E-state index is 13.5. The number of amides is 1. The van der Waals surface area contributed by atoms with Crippen LogP contribution in [0.3, 0.4) is 0 Å². The molecule has 1 amide bonds. The normalized spacial score (nSPS) is 10.4. The monoisotopic (exact) mass is 279 g/mol. The molecule has 2 rings (SSSR count). The predicted octanol–water partition coefficient (Wildman–Crippen LogP) is 3.38. The molecular formula is C15H12F3NO. The molecule has 0 saturated carbocycles. The maximum atomic E-state index is 13.5. The Morgan fingerprint density at radius 2 is 1.70 bits per heavy atom. The van der Waals surface area contributed by atoms with Crippen LogP contribution in [0.15, 0.2) is 42.5 Å². The minimum absolute atomic E-state index is 0.176. The van der Waals surface area contributed by atoms with Gasteiger partial charge in [-0.3, -0.25) is 4.79 Å². The quantitative estimate of drug-likeness (QED) is 0.843. The minimum atomic E-state index is -1.16. The van der Waals surface area contributed by atoms with E-state index in [1.54, 1.807) is 0 Å². The smallest absolute Gasteiger partial charge is 0.256 e. The van der Waals surface area contributed by atoms with Gasteiger partial charge in [-0.1, -0.05) is 18.2 Å². The van der Waals surface area contributed by atoms with Crippen LogP contribution in [0.2, 0.25) is 0 Å². The molecule has 0 N–H and O–H groups in total. The summed E-state index contributed by atoms with van der Waals surface area (Å²) >= 11 is 0. The van der Waals surface area contributed by atoms with Crippen molar-refractivity contribution in [3.05, 3.63) is 71.0 Å². The van der Waals surface area contributed by atoms with E-state index >= 15 is 0 Å². The van der Waals surface area contributed by atoms with Gasteiger partial charge in [-0.15, -0.1) is 0 Å². The molecular weight excluding hydrogens is 267 g/mol. The largest absolute Gasteiger partial charge is 0.337 e. The van der Waals surface area contributed by atoms with Crippen molar-refractivity contribution >= 4 is 5.91 Å². The first-order valence-corrected chi connectivity index (χ1v) is 5.93. The first-order valence-electron chi connectivity index (χ1n) is 5.93. The number of carbonyl (C=O) groups is 1. The van der Waals surface area contributed by atoms with Gasteiger partial charge >= 0.3 is 0 Å². The first kappa shape index (κ1) is 14.1. The summed E-state index contributed by atoms with van der Waals surface area (Å²) in [4.78, 5) is 13.3. The summed E-state index contributed by atoms with van der Waals surface area (Å²) in [7, 11) is 1.47. The third kappa shape index (κ3) is 2.99. The van der Waals surface area contributed by atoms with Gasteiger partial charge in [-0.25, -0.2) is 13.2 Å². The number of hydrogen-bond acceptors (Lipinski definition) is 1. The highest BCUT2D eigenvalue weighted by molar-refractivity contribution is 5.94. The lowest BCUT2D eigenvalue weighted by Crippen LogP contribution is -2.27. The number of rotatable bonds is 3. The van der Waals surface area contributed by atoms with E-state index in [2.05, 4.69) is 0 Å². The Labute approximate surface area is 114 Å². The second-order valence-corrected chi connectivity index (χ2v) is 4.39. The fourth-order valence-electron chi connectivity index (χ4n) is 1.81. The fourth-order valence-corrected chi connectivity index (χ4v) is 1.81. The second-order valence-electron chi connectivity index (χ2n) is 4.39. The van der Waals surface area contributed by atoms with Gasteiger partial charge in [0, 0.05) is 13.6 Å². The summed E-state index contributed by atoms with van der Waals surface area (Å²) in [6, 6.07) is 9.06. The third-order valence-electron chi connectivity index (χ3n) is 2.86. The summed E-state index contributed by atoms with van der Waals surface area (Å²) in [6.45, 7) is 0.176. The van der Waals surface area contributed by atoms with Crippen molar-refractivity contribution in [3.63, 3.8) is 0 Å². The molecule has 0 aliphatic heterocycles. The third-order valence-corrected chi connectivity index (χ3v) is 2.86. The van der Waals surface area contributed by atoms with Gasteiger partial charge < -0.3 is 4.90 Å². The molecule has 2 aromatic rings. The van der Waals surface area contributed by atoms with Crippen LogP contribution in [0.25, 0.3) is 0 Å². The molecule has 2 aromatic carbocycles. The van der Waals surface area contributed by atoms with Gasteiger partial charge in [-0.05, 0) is 29.8 Å². The van der Waals surface area contributed by atoms with Crippen LogP contribution in [0.4, 0.5) is 13.2 Å². The Kier molecular flexibility index (Phi) is 4.08. The zero-order chi connectivity index (χ0) is 14.7. The first-order chi connectivity index (χ1) is 9.49. The highest BCUT2D eigenvalue weighted by Crippen LogP contribution is 2.15. The molecule has 0 fully saturated rings. The molecule has 0 radical (unpaired) electrons.